The quantitative estimate of drug-likeness (QED) is 0.638. The number of sulfone groups is 1. The molecule has 1 amide bonds. The van der Waals surface area contributed by atoms with Crippen LogP contribution in [-0.2, 0) is 9.84 Å². The van der Waals surface area contributed by atoms with Crippen LogP contribution in [0.4, 0.5) is 5.82 Å². The van der Waals surface area contributed by atoms with E-state index in [9.17, 15) is 13.2 Å². The lowest BCUT2D eigenvalue weighted by Crippen LogP contribution is -2.20. The second-order valence-electron chi connectivity index (χ2n) is 6.91. The minimum Gasteiger partial charge on any atom is -0.497 e. The Labute approximate surface area is 173 Å². The molecule has 0 spiro atoms. The number of hydrogen-bond donors (Lipinski definition) is 1. The number of rotatable bonds is 6. The number of amides is 1. The molecule has 0 saturated carbocycles. The Morgan fingerprint density at radius 2 is 2.07 bits per heavy atom. The first kappa shape index (κ1) is 20.0. The molecule has 0 unspecified atom stereocenters. The molecule has 30 heavy (non-hydrogen) atoms. The van der Waals surface area contributed by atoms with E-state index in [2.05, 4.69) is 10.4 Å². The second kappa shape index (κ2) is 7.86. The Morgan fingerprint density at radius 3 is 2.70 bits per heavy atom. The number of hydrogen-bond acceptors (Lipinski definition) is 7. The molecule has 2 aromatic heterocycles. The molecule has 158 valence electrons. The van der Waals surface area contributed by atoms with Gasteiger partial charge in [0.05, 0.1) is 43.6 Å². The average molecular weight is 431 g/mol. The summed E-state index contributed by atoms with van der Waals surface area (Å²) in [5, 5.41) is 7.34. The average Bonchev–Trinajstić information content (AvgIpc) is 3.47. The normalized spacial score (nSPS) is 17.6. The molecule has 1 saturated heterocycles. The van der Waals surface area contributed by atoms with Gasteiger partial charge in [0.25, 0.3) is 5.91 Å². The lowest BCUT2D eigenvalue weighted by atomic mass is 10.1. The highest BCUT2D eigenvalue weighted by Gasteiger charge is 2.32. The Kier molecular flexibility index (Phi) is 5.25. The standard InChI is InChI=1S/C20H21N3O6S/c1-27-14-5-6-15(18(10-14)28-2)20(24)21-19-11-16(17-4-3-8-29-17)22-23(19)13-7-9-30(25,26)12-13/h3-6,8,10-11,13H,7,9,12H2,1-2H3,(H,21,24)/t13-/m1/s1. The van der Waals surface area contributed by atoms with Crippen LogP contribution in [0.25, 0.3) is 11.5 Å². The highest BCUT2D eigenvalue weighted by Crippen LogP contribution is 2.31. The molecule has 4 rings (SSSR count). The molecule has 1 aliphatic rings. The largest absolute Gasteiger partial charge is 0.497 e. The predicted octanol–water partition coefficient (Wildman–Crippen LogP) is 2.77. The smallest absolute Gasteiger partial charge is 0.260 e. The number of carbonyl (C=O) groups is 1. The van der Waals surface area contributed by atoms with Gasteiger partial charge in [-0.25, -0.2) is 13.1 Å². The van der Waals surface area contributed by atoms with Crippen molar-refractivity contribution in [2.45, 2.75) is 12.5 Å². The van der Waals surface area contributed by atoms with E-state index in [1.165, 1.54) is 20.5 Å². The van der Waals surface area contributed by atoms with Crippen molar-refractivity contribution in [2.75, 3.05) is 31.0 Å². The van der Waals surface area contributed by atoms with Crippen molar-refractivity contribution in [3.63, 3.8) is 0 Å². The van der Waals surface area contributed by atoms with E-state index in [1.54, 1.807) is 41.1 Å². The van der Waals surface area contributed by atoms with Crippen LogP contribution >= 0.6 is 0 Å². The number of carbonyl (C=O) groups excluding carboxylic acids is 1. The summed E-state index contributed by atoms with van der Waals surface area (Å²) in [5.74, 6) is 1.47. The van der Waals surface area contributed by atoms with Crippen LogP contribution in [0.5, 0.6) is 11.5 Å². The maximum atomic E-state index is 13.0. The molecule has 1 aliphatic heterocycles. The summed E-state index contributed by atoms with van der Waals surface area (Å²) in [4.78, 5) is 13.0. The van der Waals surface area contributed by atoms with Gasteiger partial charge in [0, 0.05) is 12.1 Å². The fourth-order valence-corrected chi connectivity index (χ4v) is 5.14. The third-order valence-corrected chi connectivity index (χ3v) is 6.71. The van der Waals surface area contributed by atoms with Crippen LogP contribution in [0.15, 0.2) is 47.1 Å². The maximum Gasteiger partial charge on any atom is 0.260 e. The molecule has 0 radical (unpaired) electrons. The Bertz CT molecular complexity index is 1170. The van der Waals surface area contributed by atoms with Gasteiger partial charge >= 0.3 is 0 Å². The van der Waals surface area contributed by atoms with Gasteiger partial charge in [0.1, 0.15) is 23.0 Å². The van der Waals surface area contributed by atoms with Gasteiger partial charge < -0.3 is 19.2 Å². The van der Waals surface area contributed by atoms with Crippen molar-refractivity contribution >= 4 is 21.6 Å². The summed E-state index contributed by atoms with van der Waals surface area (Å²) >= 11 is 0. The summed E-state index contributed by atoms with van der Waals surface area (Å²) in [6.45, 7) is 0. The zero-order chi connectivity index (χ0) is 21.3. The van der Waals surface area contributed by atoms with Gasteiger partial charge in [-0.2, -0.15) is 5.10 Å². The maximum absolute atomic E-state index is 13.0. The lowest BCUT2D eigenvalue weighted by molar-refractivity contribution is 0.102. The zero-order valence-electron chi connectivity index (χ0n) is 16.5. The SMILES string of the molecule is COc1ccc(C(=O)Nc2cc(-c3ccco3)nn2[C@@H]2CCS(=O)(=O)C2)c(OC)c1. The molecule has 10 heteroatoms. The van der Waals surface area contributed by atoms with Crippen molar-refractivity contribution in [3.05, 3.63) is 48.2 Å². The van der Waals surface area contributed by atoms with Gasteiger partial charge in [0.15, 0.2) is 15.6 Å². The molecular formula is C20H21N3O6S. The highest BCUT2D eigenvalue weighted by molar-refractivity contribution is 7.91. The number of furan rings is 1. The van der Waals surface area contributed by atoms with Gasteiger partial charge in [-0.05, 0) is 30.7 Å². The number of aromatic nitrogens is 2. The zero-order valence-corrected chi connectivity index (χ0v) is 17.3. The van der Waals surface area contributed by atoms with Gasteiger partial charge in [-0.15, -0.1) is 0 Å². The van der Waals surface area contributed by atoms with E-state index < -0.39 is 15.7 Å². The van der Waals surface area contributed by atoms with E-state index in [0.29, 0.717) is 40.8 Å². The lowest BCUT2D eigenvalue weighted by Gasteiger charge is -2.15. The van der Waals surface area contributed by atoms with E-state index >= 15 is 0 Å². The van der Waals surface area contributed by atoms with E-state index in [4.69, 9.17) is 13.9 Å². The fraction of sp³-hybridized carbons (Fsp3) is 0.300. The van der Waals surface area contributed by atoms with Crippen molar-refractivity contribution in [3.8, 4) is 23.0 Å². The van der Waals surface area contributed by atoms with Crippen molar-refractivity contribution in [1.29, 1.82) is 0 Å². The molecule has 9 nitrogen and oxygen atoms in total. The van der Waals surface area contributed by atoms with E-state index in [-0.39, 0.29) is 17.5 Å². The number of methoxy groups -OCH3 is 2. The molecule has 0 bridgehead atoms. The monoisotopic (exact) mass is 431 g/mol. The van der Waals surface area contributed by atoms with E-state index in [0.717, 1.165) is 0 Å². The second-order valence-corrected chi connectivity index (χ2v) is 9.14. The van der Waals surface area contributed by atoms with Crippen LogP contribution in [0.2, 0.25) is 0 Å². The molecule has 3 heterocycles. The molecule has 3 aromatic rings. The summed E-state index contributed by atoms with van der Waals surface area (Å²) in [7, 11) is -0.142. The van der Waals surface area contributed by atoms with Gasteiger partial charge in [0.2, 0.25) is 0 Å². The number of benzene rings is 1. The predicted molar refractivity (Wildman–Crippen MR) is 110 cm³/mol. The molecule has 0 aliphatic carbocycles. The molecule has 1 N–H and O–H groups in total. The van der Waals surface area contributed by atoms with Crippen LogP contribution in [0.1, 0.15) is 22.8 Å². The van der Waals surface area contributed by atoms with Crippen LogP contribution < -0.4 is 14.8 Å². The van der Waals surface area contributed by atoms with Gasteiger partial charge in [-0.3, -0.25) is 4.79 Å². The topological polar surface area (TPSA) is 113 Å². The summed E-state index contributed by atoms with van der Waals surface area (Å²) in [6.07, 6.45) is 1.95. The van der Waals surface area contributed by atoms with Crippen molar-refractivity contribution in [1.82, 2.24) is 9.78 Å². The molecule has 1 aromatic carbocycles. The number of ether oxygens (including phenoxy) is 2. The first-order chi connectivity index (χ1) is 14.4. The Balaban J connectivity index is 1.68. The summed E-state index contributed by atoms with van der Waals surface area (Å²) in [5.41, 5.74) is 0.811. The Hall–Kier alpha value is -3.27. The van der Waals surface area contributed by atoms with Gasteiger partial charge in [-0.1, -0.05) is 0 Å². The molecule has 1 atom stereocenters. The summed E-state index contributed by atoms with van der Waals surface area (Å²) in [6, 6.07) is 9.65. The number of nitrogens with one attached hydrogen (secondary N) is 1. The van der Waals surface area contributed by atoms with Crippen LogP contribution in [-0.4, -0.2) is 49.8 Å². The number of anilines is 1. The van der Waals surface area contributed by atoms with Crippen LogP contribution in [0.3, 0.4) is 0 Å². The van der Waals surface area contributed by atoms with E-state index in [1.807, 2.05) is 0 Å². The summed E-state index contributed by atoms with van der Waals surface area (Å²) < 4.78 is 41.4. The number of nitrogens with zero attached hydrogens (tertiary/aromatic N) is 2. The van der Waals surface area contributed by atoms with Crippen molar-refractivity contribution in [2.24, 2.45) is 0 Å². The van der Waals surface area contributed by atoms with Crippen LogP contribution in [0, 0.1) is 0 Å². The molecule has 1 fully saturated rings. The first-order valence-electron chi connectivity index (χ1n) is 9.27. The minimum absolute atomic E-state index is 0.0268. The van der Waals surface area contributed by atoms with Crippen molar-refractivity contribution < 1.29 is 27.1 Å². The Morgan fingerprint density at radius 1 is 1.23 bits per heavy atom. The third kappa shape index (κ3) is 3.90. The fourth-order valence-electron chi connectivity index (χ4n) is 3.45. The molecular weight excluding hydrogens is 410 g/mol. The first-order valence-corrected chi connectivity index (χ1v) is 11.1. The minimum atomic E-state index is -3.13. The third-order valence-electron chi connectivity index (χ3n) is 4.96. The highest BCUT2D eigenvalue weighted by atomic mass is 32.2.